The number of benzene rings is 1. The average molecular weight is 418 g/mol. The Kier molecular flexibility index (Phi) is 5.76. The van der Waals surface area contributed by atoms with Gasteiger partial charge in [0.05, 0.1) is 10.6 Å². The van der Waals surface area contributed by atoms with E-state index in [-0.39, 0.29) is 5.91 Å². The van der Waals surface area contributed by atoms with Crippen LogP contribution in [0.15, 0.2) is 29.2 Å². The molecular weight excluding hydrogens is 398 g/mol. The lowest BCUT2D eigenvalue weighted by atomic mass is 9.97. The fraction of sp³-hybridized carbons (Fsp3) is 0.350. The summed E-state index contributed by atoms with van der Waals surface area (Å²) in [6.45, 7) is 0. The van der Waals surface area contributed by atoms with Crippen LogP contribution in [0.4, 0.5) is 0 Å². The second kappa shape index (κ2) is 8.25. The highest BCUT2D eigenvalue weighted by atomic mass is 35.5. The van der Waals surface area contributed by atoms with Gasteiger partial charge in [-0.3, -0.25) is 4.79 Å². The highest BCUT2D eigenvalue weighted by Crippen LogP contribution is 2.39. The first-order valence-electron chi connectivity index (χ1n) is 8.94. The molecule has 0 radical (unpaired) electrons. The number of hydrogen-bond donors (Lipinski definition) is 1. The number of hydrogen-bond acceptors (Lipinski definition) is 5. The Morgan fingerprint density at radius 1 is 1.30 bits per heavy atom. The molecular formula is C20H20ClN3OS2. The third-order valence-corrected chi connectivity index (χ3v) is 7.54. The van der Waals surface area contributed by atoms with Crippen molar-refractivity contribution in [3.8, 4) is 0 Å². The van der Waals surface area contributed by atoms with Gasteiger partial charge < -0.3 is 5.32 Å². The molecule has 1 amide bonds. The van der Waals surface area contributed by atoms with E-state index in [1.165, 1.54) is 23.5 Å². The summed E-state index contributed by atoms with van der Waals surface area (Å²) in [6, 6.07) is 7.91. The molecule has 1 aromatic heterocycles. The van der Waals surface area contributed by atoms with Crippen LogP contribution in [0.2, 0.25) is 5.02 Å². The number of thioether (sulfide) groups is 2. The van der Waals surface area contributed by atoms with Gasteiger partial charge in [-0.05, 0) is 59.6 Å². The van der Waals surface area contributed by atoms with Crippen LogP contribution in [-0.4, -0.2) is 40.4 Å². The summed E-state index contributed by atoms with van der Waals surface area (Å²) in [5.74, 6) is 3.64. The minimum atomic E-state index is -0.183. The molecule has 7 heteroatoms. The fourth-order valence-corrected chi connectivity index (χ4v) is 5.96. The molecule has 1 fully saturated rings. The fourth-order valence-electron chi connectivity index (χ4n) is 3.40. The third kappa shape index (κ3) is 4.03. The predicted octanol–water partition coefficient (Wildman–Crippen LogP) is 4.43. The van der Waals surface area contributed by atoms with Crippen molar-refractivity contribution in [1.29, 1.82) is 0 Å². The zero-order valence-electron chi connectivity index (χ0n) is 15.0. The maximum atomic E-state index is 12.3. The van der Waals surface area contributed by atoms with E-state index < -0.39 is 0 Å². The van der Waals surface area contributed by atoms with Crippen molar-refractivity contribution in [3.63, 3.8) is 0 Å². The normalized spacial score (nSPS) is 18.7. The summed E-state index contributed by atoms with van der Waals surface area (Å²) < 4.78 is 0. The van der Waals surface area contributed by atoms with E-state index in [0.29, 0.717) is 11.6 Å². The van der Waals surface area contributed by atoms with Crippen LogP contribution in [0, 0.1) is 5.92 Å². The van der Waals surface area contributed by atoms with Crippen LogP contribution in [-0.2, 0) is 6.42 Å². The molecule has 27 heavy (non-hydrogen) atoms. The lowest BCUT2D eigenvalue weighted by Crippen LogP contribution is -2.23. The quantitative estimate of drug-likeness (QED) is 0.797. The highest BCUT2D eigenvalue weighted by molar-refractivity contribution is 8.00. The molecule has 2 aliphatic heterocycles. The maximum Gasteiger partial charge on any atom is 0.272 e. The van der Waals surface area contributed by atoms with Gasteiger partial charge in [0.2, 0.25) is 0 Å². The molecule has 0 saturated carbocycles. The first kappa shape index (κ1) is 18.8. The van der Waals surface area contributed by atoms with Gasteiger partial charge in [-0.2, -0.15) is 16.9 Å². The lowest BCUT2D eigenvalue weighted by Gasteiger charge is -2.21. The Morgan fingerprint density at radius 2 is 2.11 bits per heavy atom. The number of halogens is 1. The largest absolute Gasteiger partial charge is 0.354 e. The second-order valence-corrected chi connectivity index (χ2v) is 9.29. The molecule has 2 aromatic rings. The minimum Gasteiger partial charge on any atom is -0.354 e. The molecule has 4 nitrogen and oxygen atoms in total. The standard InChI is InChI=1S/C20H20ClN3OS2/c1-22-20(25)18-19-16(17(23-24-18)8-12-6-7-26-10-12)9-14(11-27-19)13-2-4-15(21)5-3-13/h2-5,9,12H,6-8,10-11H2,1H3,(H,22,25). The van der Waals surface area contributed by atoms with E-state index in [1.807, 2.05) is 36.0 Å². The van der Waals surface area contributed by atoms with E-state index >= 15 is 0 Å². The van der Waals surface area contributed by atoms with E-state index in [0.717, 1.165) is 38.9 Å². The average Bonchev–Trinajstić information content (AvgIpc) is 3.21. The van der Waals surface area contributed by atoms with Gasteiger partial charge >= 0.3 is 0 Å². The molecule has 1 unspecified atom stereocenters. The lowest BCUT2D eigenvalue weighted by molar-refractivity contribution is 0.0953. The van der Waals surface area contributed by atoms with Crippen molar-refractivity contribution in [1.82, 2.24) is 15.5 Å². The van der Waals surface area contributed by atoms with Gasteiger partial charge in [0.15, 0.2) is 5.69 Å². The Labute approximate surface area is 172 Å². The van der Waals surface area contributed by atoms with Gasteiger partial charge in [0, 0.05) is 23.4 Å². The Bertz CT molecular complexity index is 893. The minimum absolute atomic E-state index is 0.183. The molecule has 1 saturated heterocycles. The number of amides is 1. The summed E-state index contributed by atoms with van der Waals surface area (Å²) in [7, 11) is 1.63. The van der Waals surface area contributed by atoms with Crippen LogP contribution in [0.5, 0.6) is 0 Å². The molecule has 0 bridgehead atoms. The highest BCUT2D eigenvalue weighted by Gasteiger charge is 2.26. The van der Waals surface area contributed by atoms with E-state index in [2.05, 4.69) is 21.6 Å². The maximum absolute atomic E-state index is 12.3. The molecule has 0 aliphatic carbocycles. The van der Waals surface area contributed by atoms with Crippen molar-refractivity contribution >= 4 is 52.7 Å². The monoisotopic (exact) mass is 417 g/mol. The van der Waals surface area contributed by atoms with Crippen LogP contribution in [0.3, 0.4) is 0 Å². The molecule has 4 rings (SSSR count). The van der Waals surface area contributed by atoms with Crippen LogP contribution in [0.25, 0.3) is 11.6 Å². The molecule has 1 N–H and O–H groups in total. The molecule has 140 valence electrons. The molecule has 3 heterocycles. The van der Waals surface area contributed by atoms with E-state index in [1.54, 1.807) is 18.8 Å². The van der Waals surface area contributed by atoms with Crippen molar-refractivity contribution < 1.29 is 4.79 Å². The number of nitrogens with one attached hydrogen (secondary N) is 1. The van der Waals surface area contributed by atoms with Gasteiger partial charge in [-0.25, -0.2) is 0 Å². The van der Waals surface area contributed by atoms with Gasteiger partial charge in [0.25, 0.3) is 5.91 Å². The van der Waals surface area contributed by atoms with Crippen molar-refractivity contribution in [2.45, 2.75) is 17.7 Å². The Hall–Kier alpha value is -1.50. The van der Waals surface area contributed by atoms with Crippen molar-refractivity contribution in [2.75, 3.05) is 24.3 Å². The molecule has 2 aliphatic rings. The third-order valence-electron chi connectivity index (χ3n) is 4.90. The van der Waals surface area contributed by atoms with E-state index in [4.69, 9.17) is 11.6 Å². The van der Waals surface area contributed by atoms with Crippen LogP contribution < -0.4 is 5.32 Å². The first-order valence-corrected chi connectivity index (χ1v) is 11.5. The number of nitrogens with zero attached hydrogens (tertiary/aromatic N) is 2. The summed E-state index contributed by atoms with van der Waals surface area (Å²) in [6.07, 6.45) is 4.33. The summed E-state index contributed by atoms with van der Waals surface area (Å²) in [4.78, 5) is 13.2. The van der Waals surface area contributed by atoms with Crippen molar-refractivity contribution in [3.05, 3.63) is 51.8 Å². The molecule has 1 aromatic carbocycles. The number of carbonyl (C=O) groups is 1. The first-order chi connectivity index (χ1) is 13.2. The Morgan fingerprint density at radius 3 is 2.81 bits per heavy atom. The predicted molar refractivity (Wildman–Crippen MR) is 115 cm³/mol. The SMILES string of the molecule is CNC(=O)c1nnc(CC2CCSC2)c2c1SCC(c1ccc(Cl)cc1)=C2. The van der Waals surface area contributed by atoms with Crippen molar-refractivity contribution in [2.24, 2.45) is 5.92 Å². The zero-order chi connectivity index (χ0) is 18.8. The smallest absolute Gasteiger partial charge is 0.272 e. The van der Waals surface area contributed by atoms with Crippen LogP contribution in [0.1, 0.15) is 33.7 Å². The van der Waals surface area contributed by atoms with Gasteiger partial charge in [0.1, 0.15) is 0 Å². The number of aromatic nitrogens is 2. The second-order valence-electron chi connectivity index (χ2n) is 6.72. The Balaban J connectivity index is 1.77. The van der Waals surface area contributed by atoms with Crippen LogP contribution >= 0.6 is 35.1 Å². The zero-order valence-corrected chi connectivity index (χ0v) is 17.4. The molecule has 1 atom stereocenters. The summed E-state index contributed by atoms with van der Waals surface area (Å²) in [5, 5.41) is 12.2. The number of carbonyl (C=O) groups excluding carboxylic acids is 1. The molecule has 0 spiro atoms. The number of rotatable bonds is 4. The van der Waals surface area contributed by atoms with Gasteiger partial charge in [-0.1, -0.05) is 23.7 Å². The number of fused-ring (bicyclic) bond motifs is 1. The summed E-state index contributed by atoms with van der Waals surface area (Å²) in [5.41, 5.74) is 4.86. The van der Waals surface area contributed by atoms with Gasteiger partial charge in [-0.15, -0.1) is 16.9 Å². The topological polar surface area (TPSA) is 54.9 Å². The summed E-state index contributed by atoms with van der Waals surface area (Å²) >= 11 is 9.71. The van der Waals surface area contributed by atoms with E-state index in [9.17, 15) is 4.79 Å².